The number of halogens is 1. The van der Waals surface area contributed by atoms with Crippen molar-refractivity contribution >= 4 is 35.0 Å². The molecular formula is C14H19ClN2OS. The van der Waals surface area contributed by atoms with Crippen molar-refractivity contribution in [1.29, 1.82) is 0 Å². The van der Waals surface area contributed by atoms with Crippen LogP contribution in [0.4, 0.5) is 5.69 Å². The number of hydrogen-bond acceptors (Lipinski definition) is 3. The fraction of sp³-hybridized carbons (Fsp3) is 0.500. The van der Waals surface area contributed by atoms with Gasteiger partial charge in [0.1, 0.15) is 0 Å². The van der Waals surface area contributed by atoms with Crippen LogP contribution in [0, 0.1) is 0 Å². The molecule has 0 bridgehead atoms. The van der Waals surface area contributed by atoms with Crippen molar-refractivity contribution in [3.05, 3.63) is 23.2 Å². The maximum atomic E-state index is 11.9. The number of amides is 1. The Kier molecular flexibility index (Phi) is 5.40. The summed E-state index contributed by atoms with van der Waals surface area (Å²) < 4.78 is 0. The number of carbonyl (C=O) groups is 1. The van der Waals surface area contributed by atoms with Gasteiger partial charge < -0.3 is 11.1 Å². The van der Waals surface area contributed by atoms with E-state index in [2.05, 4.69) is 5.32 Å². The molecule has 0 unspecified atom stereocenters. The van der Waals surface area contributed by atoms with Crippen molar-refractivity contribution in [3.63, 3.8) is 0 Å². The van der Waals surface area contributed by atoms with Crippen LogP contribution >= 0.6 is 23.4 Å². The van der Waals surface area contributed by atoms with Gasteiger partial charge in [0.05, 0.1) is 5.75 Å². The number of nitrogens with two attached hydrogens (primary N) is 1. The van der Waals surface area contributed by atoms with Crippen molar-refractivity contribution < 1.29 is 4.79 Å². The summed E-state index contributed by atoms with van der Waals surface area (Å²) in [6, 6.07) is 5.68. The number of benzene rings is 1. The fourth-order valence-electron chi connectivity index (χ4n) is 2.29. The summed E-state index contributed by atoms with van der Waals surface area (Å²) in [5.41, 5.74) is 6.52. The first-order valence-corrected chi connectivity index (χ1v) is 7.98. The predicted molar refractivity (Wildman–Crippen MR) is 81.6 cm³/mol. The van der Waals surface area contributed by atoms with E-state index in [1.54, 1.807) is 18.2 Å². The zero-order valence-electron chi connectivity index (χ0n) is 10.8. The minimum absolute atomic E-state index is 0.0799. The molecule has 0 saturated heterocycles. The van der Waals surface area contributed by atoms with Crippen molar-refractivity contribution in [2.24, 2.45) is 0 Å². The topological polar surface area (TPSA) is 55.1 Å². The lowest BCUT2D eigenvalue weighted by Gasteiger charge is -2.22. The number of rotatable bonds is 4. The van der Waals surface area contributed by atoms with Crippen molar-refractivity contribution in [2.45, 2.75) is 43.0 Å². The van der Waals surface area contributed by atoms with Gasteiger partial charge in [0.2, 0.25) is 5.91 Å². The highest BCUT2D eigenvalue weighted by Crippen LogP contribution is 2.28. The summed E-state index contributed by atoms with van der Waals surface area (Å²) in [7, 11) is 0. The Hall–Kier alpha value is -0.870. The Balaban J connectivity index is 1.81. The lowest BCUT2D eigenvalue weighted by atomic mass is 9.95. The molecule has 104 valence electrons. The quantitative estimate of drug-likeness (QED) is 0.661. The van der Waals surface area contributed by atoms with Crippen LogP contribution < -0.4 is 11.1 Å². The van der Waals surface area contributed by atoms with Crippen molar-refractivity contribution in [1.82, 2.24) is 5.32 Å². The van der Waals surface area contributed by atoms with Gasteiger partial charge in [-0.1, -0.05) is 30.9 Å². The van der Waals surface area contributed by atoms with E-state index in [9.17, 15) is 4.79 Å². The molecule has 1 aliphatic carbocycles. The Morgan fingerprint density at radius 3 is 2.84 bits per heavy atom. The zero-order valence-corrected chi connectivity index (χ0v) is 12.4. The third-order valence-electron chi connectivity index (χ3n) is 3.30. The smallest absolute Gasteiger partial charge is 0.230 e. The Labute approximate surface area is 123 Å². The minimum atomic E-state index is 0.0799. The third-order valence-corrected chi connectivity index (χ3v) is 4.61. The molecule has 5 heteroatoms. The summed E-state index contributed by atoms with van der Waals surface area (Å²) in [4.78, 5) is 12.7. The van der Waals surface area contributed by atoms with Crippen LogP contribution in [0.3, 0.4) is 0 Å². The maximum absolute atomic E-state index is 11.9. The Morgan fingerprint density at radius 2 is 2.11 bits per heavy atom. The van der Waals surface area contributed by atoms with Crippen LogP contribution in [0.5, 0.6) is 0 Å². The summed E-state index contributed by atoms with van der Waals surface area (Å²) in [5, 5.41) is 3.73. The monoisotopic (exact) mass is 298 g/mol. The van der Waals surface area contributed by atoms with E-state index in [0.29, 0.717) is 22.5 Å². The van der Waals surface area contributed by atoms with Gasteiger partial charge in [-0.3, -0.25) is 4.79 Å². The second-order valence-electron chi connectivity index (χ2n) is 4.87. The number of carbonyl (C=O) groups excluding carboxylic acids is 1. The molecule has 0 aromatic heterocycles. The molecule has 2 rings (SSSR count). The van der Waals surface area contributed by atoms with Gasteiger partial charge in [-0.05, 0) is 31.0 Å². The highest BCUT2D eigenvalue weighted by Gasteiger charge is 2.15. The Morgan fingerprint density at radius 1 is 1.37 bits per heavy atom. The van der Waals surface area contributed by atoms with Gasteiger partial charge in [0.15, 0.2) is 0 Å². The summed E-state index contributed by atoms with van der Waals surface area (Å²) >= 11 is 7.35. The molecule has 1 aromatic rings. The molecule has 1 aliphatic rings. The molecule has 3 nitrogen and oxygen atoms in total. The molecule has 3 N–H and O–H groups in total. The molecule has 1 fully saturated rings. The van der Waals surface area contributed by atoms with Gasteiger partial charge in [-0.2, -0.15) is 0 Å². The molecule has 0 spiro atoms. The molecule has 19 heavy (non-hydrogen) atoms. The molecular weight excluding hydrogens is 280 g/mol. The predicted octanol–water partition coefficient (Wildman–Crippen LogP) is 3.46. The van der Waals surface area contributed by atoms with Gasteiger partial charge in [0, 0.05) is 21.6 Å². The normalized spacial score (nSPS) is 16.3. The van der Waals surface area contributed by atoms with Gasteiger partial charge >= 0.3 is 0 Å². The van der Waals surface area contributed by atoms with Gasteiger partial charge in [0.25, 0.3) is 0 Å². The minimum Gasteiger partial charge on any atom is -0.398 e. The molecule has 0 radical (unpaired) electrons. The van der Waals surface area contributed by atoms with Gasteiger partial charge in [-0.25, -0.2) is 0 Å². The molecule has 0 heterocycles. The molecule has 1 amide bonds. The van der Waals surface area contributed by atoms with Crippen molar-refractivity contribution in [2.75, 3.05) is 11.5 Å². The van der Waals surface area contributed by atoms with Crippen LogP contribution in [-0.4, -0.2) is 17.7 Å². The highest BCUT2D eigenvalue weighted by molar-refractivity contribution is 8.00. The number of nitrogens with one attached hydrogen (secondary N) is 1. The number of nitrogen functional groups attached to an aromatic ring is 1. The highest BCUT2D eigenvalue weighted by atomic mass is 35.5. The van der Waals surface area contributed by atoms with E-state index in [1.165, 1.54) is 31.0 Å². The SMILES string of the molecule is Nc1ccc(Cl)cc1SCC(=O)NC1CCCCC1. The van der Waals surface area contributed by atoms with Crippen LogP contribution in [0.15, 0.2) is 23.1 Å². The first kappa shape index (κ1) is 14.5. The summed E-state index contributed by atoms with van der Waals surface area (Å²) in [5.74, 6) is 0.470. The van der Waals surface area contributed by atoms with E-state index in [1.807, 2.05) is 0 Å². The van der Waals surface area contributed by atoms with E-state index in [-0.39, 0.29) is 5.91 Å². The number of hydrogen-bond donors (Lipinski definition) is 2. The summed E-state index contributed by atoms with van der Waals surface area (Å²) in [6.45, 7) is 0. The van der Waals surface area contributed by atoms with E-state index in [4.69, 9.17) is 17.3 Å². The number of anilines is 1. The lowest BCUT2D eigenvalue weighted by molar-refractivity contribution is -0.119. The van der Waals surface area contributed by atoms with Gasteiger partial charge in [-0.15, -0.1) is 11.8 Å². The van der Waals surface area contributed by atoms with Crippen LogP contribution in [0.1, 0.15) is 32.1 Å². The molecule has 0 atom stereocenters. The first-order chi connectivity index (χ1) is 9.15. The fourth-order valence-corrected chi connectivity index (χ4v) is 3.34. The molecule has 0 aliphatic heterocycles. The molecule has 1 saturated carbocycles. The second kappa shape index (κ2) is 7.06. The average Bonchev–Trinajstić information content (AvgIpc) is 2.41. The number of thioether (sulfide) groups is 1. The maximum Gasteiger partial charge on any atom is 0.230 e. The first-order valence-electron chi connectivity index (χ1n) is 6.62. The van der Waals surface area contributed by atoms with Crippen LogP contribution in [0.2, 0.25) is 5.02 Å². The Bertz CT molecular complexity index is 447. The zero-order chi connectivity index (χ0) is 13.7. The second-order valence-corrected chi connectivity index (χ2v) is 6.33. The molecule has 1 aromatic carbocycles. The average molecular weight is 299 g/mol. The third kappa shape index (κ3) is 4.62. The van der Waals surface area contributed by atoms with E-state index in [0.717, 1.165) is 17.7 Å². The van der Waals surface area contributed by atoms with Crippen molar-refractivity contribution in [3.8, 4) is 0 Å². The van der Waals surface area contributed by atoms with E-state index < -0.39 is 0 Å². The standard InChI is InChI=1S/C14H19ClN2OS/c15-10-6-7-12(16)13(8-10)19-9-14(18)17-11-4-2-1-3-5-11/h6-8,11H,1-5,9,16H2,(H,17,18). The summed E-state index contributed by atoms with van der Waals surface area (Å²) in [6.07, 6.45) is 5.95. The van der Waals surface area contributed by atoms with Crippen LogP contribution in [0.25, 0.3) is 0 Å². The van der Waals surface area contributed by atoms with E-state index >= 15 is 0 Å². The largest absolute Gasteiger partial charge is 0.398 e. The lowest BCUT2D eigenvalue weighted by Crippen LogP contribution is -2.37. The van der Waals surface area contributed by atoms with Crippen LogP contribution in [-0.2, 0) is 4.79 Å².